The molecule has 7 heteroatoms. The molecule has 0 spiro atoms. The Bertz CT molecular complexity index is 599. The molecule has 2 amide bonds. The molecular weight excluding hydrogens is 308 g/mol. The molecule has 0 saturated heterocycles. The van der Waals surface area contributed by atoms with Crippen LogP contribution in [-0.2, 0) is 9.59 Å². The van der Waals surface area contributed by atoms with Crippen molar-refractivity contribution in [1.29, 1.82) is 0 Å². The number of carboxylic acids is 1. The number of hydrogen-bond donors (Lipinski definition) is 3. The number of carbonyl (C=O) groups excluding carboxylic acids is 2. The quantitative estimate of drug-likeness (QED) is 0.748. The van der Waals surface area contributed by atoms with Gasteiger partial charge in [0.15, 0.2) is 0 Å². The SMILES string of the molecule is CCNC(=O)c1ccc(Cl)cc1NC(=O)CC(C)(C)C(=O)O. The van der Waals surface area contributed by atoms with Gasteiger partial charge in [0.2, 0.25) is 5.91 Å². The summed E-state index contributed by atoms with van der Waals surface area (Å²) in [7, 11) is 0. The number of anilines is 1. The van der Waals surface area contributed by atoms with Gasteiger partial charge in [0, 0.05) is 18.0 Å². The fourth-order valence-electron chi connectivity index (χ4n) is 1.75. The molecule has 0 heterocycles. The van der Waals surface area contributed by atoms with Crippen LogP contribution in [0.1, 0.15) is 37.6 Å². The maximum Gasteiger partial charge on any atom is 0.309 e. The van der Waals surface area contributed by atoms with Crippen LogP contribution < -0.4 is 10.6 Å². The summed E-state index contributed by atoms with van der Waals surface area (Å²) in [5, 5.41) is 14.6. The van der Waals surface area contributed by atoms with Crippen LogP contribution in [0, 0.1) is 5.41 Å². The molecule has 0 aliphatic heterocycles. The van der Waals surface area contributed by atoms with E-state index in [1.54, 1.807) is 13.0 Å². The van der Waals surface area contributed by atoms with E-state index in [2.05, 4.69) is 10.6 Å². The van der Waals surface area contributed by atoms with Crippen molar-refractivity contribution in [2.45, 2.75) is 27.2 Å². The molecule has 0 saturated carbocycles. The van der Waals surface area contributed by atoms with E-state index in [-0.39, 0.29) is 23.6 Å². The highest BCUT2D eigenvalue weighted by atomic mass is 35.5. The van der Waals surface area contributed by atoms with Crippen molar-refractivity contribution in [2.24, 2.45) is 5.41 Å². The molecule has 0 unspecified atom stereocenters. The smallest absolute Gasteiger partial charge is 0.309 e. The lowest BCUT2D eigenvalue weighted by Gasteiger charge is -2.19. The van der Waals surface area contributed by atoms with Crippen molar-refractivity contribution in [3.63, 3.8) is 0 Å². The van der Waals surface area contributed by atoms with E-state index >= 15 is 0 Å². The Labute approximate surface area is 133 Å². The molecule has 0 aliphatic carbocycles. The predicted octanol–water partition coefficient (Wildman–Crippen LogP) is 2.53. The summed E-state index contributed by atoms with van der Waals surface area (Å²) >= 11 is 5.89. The van der Waals surface area contributed by atoms with Crippen LogP contribution in [0.15, 0.2) is 18.2 Å². The zero-order valence-corrected chi connectivity index (χ0v) is 13.5. The van der Waals surface area contributed by atoms with E-state index in [0.29, 0.717) is 11.6 Å². The van der Waals surface area contributed by atoms with Crippen LogP contribution in [-0.4, -0.2) is 29.4 Å². The molecule has 0 radical (unpaired) electrons. The van der Waals surface area contributed by atoms with Gasteiger partial charge in [0.1, 0.15) is 0 Å². The van der Waals surface area contributed by atoms with Gasteiger partial charge < -0.3 is 15.7 Å². The highest BCUT2D eigenvalue weighted by molar-refractivity contribution is 6.31. The second-order valence-electron chi connectivity index (χ2n) is 5.46. The summed E-state index contributed by atoms with van der Waals surface area (Å²) in [6, 6.07) is 4.51. The fourth-order valence-corrected chi connectivity index (χ4v) is 1.92. The topological polar surface area (TPSA) is 95.5 Å². The number of amides is 2. The average molecular weight is 327 g/mol. The Morgan fingerprint density at radius 3 is 2.45 bits per heavy atom. The van der Waals surface area contributed by atoms with E-state index < -0.39 is 17.3 Å². The first-order valence-electron chi connectivity index (χ1n) is 6.78. The number of rotatable bonds is 6. The van der Waals surface area contributed by atoms with E-state index in [0.717, 1.165) is 0 Å². The molecule has 6 nitrogen and oxygen atoms in total. The van der Waals surface area contributed by atoms with Gasteiger partial charge in [-0.1, -0.05) is 11.6 Å². The molecule has 1 rings (SSSR count). The lowest BCUT2D eigenvalue weighted by Crippen LogP contribution is -2.30. The number of benzene rings is 1. The van der Waals surface area contributed by atoms with Gasteiger partial charge in [0.05, 0.1) is 16.7 Å². The summed E-state index contributed by atoms with van der Waals surface area (Å²) < 4.78 is 0. The molecule has 1 aromatic carbocycles. The average Bonchev–Trinajstić information content (AvgIpc) is 2.37. The molecule has 3 N–H and O–H groups in total. The van der Waals surface area contributed by atoms with E-state index in [1.165, 1.54) is 26.0 Å². The van der Waals surface area contributed by atoms with Crippen LogP contribution in [0.25, 0.3) is 0 Å². The van der Waals surface area contributed by atoms with Gasteiger partial charge in [0.25, 0.3) is 5.91 Å². The monoisotopic (exact) mass is 326 g/mol. The van der Waals surface area contributed by atoms with Crippen LogP contribution in [0.3, 0.4) is 0 Å². The molecule has 0 atom stereocenters. The third-order valence-electron chi connectivity index (χ3n) is 3.02. The number of carboxylic acid groups (broad SMARTS) is 1. The van der Waals surface area contributed by atoms with Gasteiger partial charge in [-0.05, 0) is 39.0 Å². The molecule has 1 aromatic rings. The van der Waals surface area contributed by atoms with Crippen LogP contribution in [0.4, 0.5) is 5.69 Å². The standard InChI is InChI=1S/C15H19ClN2O4/c1-4-17-13(20)10-6-5-9(16)7-11(10)18-12(19)8-15(2,3)14(21)22/h5-7H,4,8H2,1-3H3,(H,17,20)(H,18,19)(H,21,22). The summed E-state index contributed by atoms with van der Waals surface area (Å²) in [6.07, 6.45) is -0.219. The van der Waals surface area contributed by atoms with Gasteiger partial charge in [-0.25, -0.2) is 0 Å². The van der Waals surface area contributed by atoms with E-state index in [9.17, 15) is 14.4 Å². The van der Waals surface area contributed by atoms with E-state index in [1.807, 2.05) is 0 Å². The number of halogens is 1. The van der Waals surface area contributed by atoms with Gasteiger partial charge in [-0.15, -0.1) is 0 Å². The Hall–Kier alpha value is -2.08. The highest BCUT2D eigenvalue weighted by Crippen LogP contribution is 2.24. The Kier molecular flexibility index (Phi) is 5.93. The van der Waals surface area contributed by atoms with Crippen molar-refractivity contribution in [1.82, 2.24) is 5.32 Å². The zero-order chi connectivity index (χ0) is 16.9. The van der Waals surface area contributed by atoms with Crippen molar-refractivity contribution >= 4 is 35.1 Å². The number of aliphatic carboxylic acids is 1. The zero-order valence-electron chi connectivity index (χ0n) is 12.7. The predicted molar refractivity (Wildman–Crippen MR) is 84.1 cm³/mol. The third-order valence-corrected chi connectivity index (χ3v) is 3.25. The minimum absolute atomic E-state index is 0.219. The number of carbonyl (C=O) groups is 3. The first-order chi connectivity index (χ1) is 10.2. The number of hydrogen-bond acceptors (Lipinski definition) is 3. The first-order valence-corrected chi connectivity index (χ1v) is 7.16. The lowest BCUT2D eigenvalue weighted by atomic mass is 9.89. The molecule has 120 valence electrons. The number of nitrogens with one attached hydrogen (secondary N) is 2. The summed E-state index contributed by atoms with van der Waals surface area (Å²) in [5.41, 5.74) is -0.675. The molecule has 0 fully saturated rings. The van der Waals surface area contributed by atoms with Crippen LogP contribution in [0.5, 0.6) is 0 Å². The first kappa shape index (κ1) is 18.0. The molecule has 0 aliphatic rings. The minimum atomic E-state index is -1.20. The normalized spacial score (nSPS) is 10.9. The Morgan fingerprint density at radius 1 is 1.27 bits per heavy atom. The van der Waals surface area contributed by atoms with Gasteiger partial charge in [-0.2, -0.15) is 0 Å². The van der Waals surface area contributed by atoms with E-state index in [4.69, 9.17) is 16.7 Å². The summed E-state index contributed by atoms with van der Waals surface area (Å²) in [5.74, 6) is -1.91. The second kappa shape index (κ2) is 7.26. The molecule has 22 heavy (non-hydrogen) atoms. The Balaban J connectivity index is 2.97. The second-order valence-corrected chi connectivity index (χ2v) is 5.90. The lowest BCUT2D eigenvalue weighted by molar-refractivity contribution is -0.148. The molecule has 0 aromatic heterocycles. The maximum absolute atomic E-state index is 12.0. The fraction of sp³-hybridized carbons (Fsp3) is 0.400. The highest BCUT2D eigenvalue weighted by Gasteiger charge is 2.30. The van der Waals surface area contributed by atoms with Crippen LogP contribution >= 0.6 is 11.6 Å². The van der Waals surface area contributed by atoms with Crippen molar-refractivity contribution in [3.05, 3.63) is 28.8 Å². The molecular formula is C15H19ClN2O4. The maximum atomic E-state index is 12.0. The summed E-state index contributed by atoms with van der Waals surface area (Å²) in [6.45, 7) is 5.14. The Morgan fingerprint density at radius 2 is 1.91 bits per heavy atom. The minimum Gasteiger partial charge on any atom is -0.481 e. The van der Waals surface area contributed by atoms with Crippen LogP contribution in [0.2, 0.25) is 5.02 Å². The molecule has 0 bridgehead atoms. The summed E-state index contributed by atoms with van der Waals surface area (Å²) in [4.78, 5) is 35.0. The largest absolute Gasteiger partial charge is 0.481 e. The van der Waals surface area contributed by atoms with Crippen molar-refractivity contribution < 1.29 is 19.5 Å². The van der Waals surface area contributed by atoms with Crippen molar-refractivity contribution in [2.75, 3.05) is 11.9 Å². The van der Waals surface area contributed by atoms with Gasteiger partial charge >= 0.3 is 5.97 Å². The third kappa shape index (κ3) is 4.73. The van der Waals surface area contributed by atoms with Crippen molar-refractivity contribution in [3.8, 4) is 0 Å². The van der Waals surface area contributed by atoms with Gasteiger partial charge in [-0.3, -0.25) is 14.4 Å².